The molecule has 2 rings (SSSR count). The van der Waals surface area contributed by atoms with Gasteiger partial charge in [0, 0.05) is 11.8 Å². The highest BCUT2D eigenvalue weighted by molar-refractivity contribution is 14.1. The summed E-state index contributed by atoms with van der Waals surface area (Å²) in [6, 6.07) is 8.62. The highest BCUT2D eigenvalue weighted by Crippen LogP contribution is 2.28. The van der Waals surface area contributed by atoms with Crippen LogP contribution >= 0.6 is 22.6 Å². The van der Waals surface area contributed by atoms with E-state index in [1.165, 1.54) is 36.4 Å². The molecule has 2 aromatic rings. The topological polar surface area (TPSA) is 47.3 Å². The normalized spacial score (nSPS) is 10.7. The monoisotopic (exact) mass is 394 g/mol. The zero-order valence-electron chi connectivity index (χ0n) is 10.0. The fraction of sp³-hybridized carbons (Fsp3) is 0.0769. The molecule has 0 amide bonds. The van der Waals surface area contributed by atoms with E-state index in [0.29, 0.717) is 20.6 Å². The van der Waals surface area contributed by atoms with Gasteiger partial charge < -0.3 is 15.8 Å². The Hall–Kier alpha value is -1.64. The summed E-state index contributed by atoms with van der Waals surface area (Å²) in [6.45, 7) is -2.87. The molecule has 3 N–H and O–H groups in total. The van der Waals surface area contributed by atoms with Crippen molar-refractivity contribution in [2.24, 2.45) is 0 Å². The Labute approximate surface area is 127 Å². The van der Waals surface area contributed by atoms with Crippen LogP contribution in [0.5, 0.6) is 5.75 Å². The summed E-state index contributed by atoms with van der Waals surface area (Å²) in [5, 5.41) is 2.91. The quantitative estimate of drug-likeness (QED) is 0.599. The largest absolute Gasteiger partial charge is 0.435 e. The predicted octanol–water partition coefficient (Wildman–Crippen LogP) is 4.36. The summed E-state index contributed by atoms with van der Waals surface area (Å²) in [4.78, 5) is 0. The molecule has 0 saturated heterocycles. The number of halogens is 4. The van der Waals surface area contributed by atoms with Gasteiger partial charge in [-0.15, -0.1) is 0 Å². The summed E-state index contributed by atoms with van der Waals surface area (Å²) < 4.78 is 42.1. The summed E-state index contributed by atoms with van der Waals surface area (Å²) in [5.74, 6) is -0.340. The van der Waals surface area contributed by atoms with Gasteiger partial charge in [-0.05, 0) is 52.9 Å². The molecule has 0 aromatic heterocycles. The lowest BCUT2D eigenvalue weighted by molar-refractivity contribution is -0.0498. The Balaban J connectivity index is 2.16. The van der Waals surface area contributed by atoms with Gasteiger partial charge in [-0.25, -0.2) is 4.39 Å². The molecular weight excluding hydrogens is 384 g/mol. The Morgan fingerprint density at radius 2 is 1.80 bits per heavy atom. The third kappa shape index (κ3) is 3.69. The van der Waals surface area contributed by atoms with Crippen molar-refractivity contribution in [1.29, 1.82) is 0 Å². The number of rotatable bonds is 4. The van der Waals surface area contributed by atoms with Crippen LogP contribution < -0.4 is 15.8 Å². The van der Waals surface area contributed by atoms with E-state index >= 15 is 0 Å². The van der Waals surface area contributed by atoms with Crippen LogP contribution in [-0.2, 0) is 0 Å². The van der Waals surface area contributed by atoms with Crippen LogP contribution in [0.2, 0.25) is 0 Å². The summed E-state index contributed by atoms with van der Waals surface area (Å²) >= 11 is 1.84. The van der Waals surface area contributed by atoms with E-state index in [-0.39, 0.29) is 11.6 Å². The SMILES string of the molecule is Nc1cc(I)c(F)cc1Nc1ccc(OC(F)F)cc1. The third-order valence-electron chi connectivity index (χ3n) is 2.45. The van der Waals surface area contributed by atoms with Crippen LogP contribution in [0.25, 0.3) is 0 Å². The average Bonchev–Trinajstić information content (AvgIpc) is 2.37. The lowest BCUT2D eigenvalue weighted by Crippen LogP contribution is -2.02. The lowest BCUT2D eigenvalue weighted by Gasteiger charge is -2.11. The second-order valence-electron chi connectivity index (χ2n) is 3.88. The van der Waals surface area contributed by atoms with Gasteiger partial charge in [0.1, 0.15) is 11.6 Å². The summed E-state index contributed by atoms with van der Waals surface area (Å²) in [5.41, 5.74) is 7.16. The molecule has 0 atom stereocenters. The van der Waals surface area contributed by atoms with Crippen LogP contribution in [0.4, 0.5) is 30.2 Å². The lowest BCUT2D eigenvalue weighted by atomic mass is 10.2. The number of alkyl halides is 2. The Morgan fingerprint density at radius 3 is 2.40 bits per heavy atom. The van der Waals surface area contributed by atoms with Crippen LogP contribution in [-0.4, -0.2) is 6.61 Å². The fourth-order valence-corrected chi connectivity index (χ4v) is 2.04. The van der Waals surface area contributed by atoms with Gasteiger partial charge in [0.05, 0.1) is 14.9 Å². The molecule has 0 heterocycles. The first-order chi connectivity index (χ1) is 9.45. The van der Waals surface area contributed by atoms with E-state index in [9.17, 15) is 13.2 Å². The van der Waals surface area contributed by atoms with Crippen molar-refractivity contribution in [3.05, 3.63) is 45.8 Å². The zero-order chi connectivity index (χ0) is 14.7. The molecule has 0 fully saturated rings. The first kappa shape index (κ1) is 14.8. The van der Waals surface area contributed by atoms with Gasteiger partial charge >= 0.3 is 6.61 Å². The molecular formula is C13H10F3IN2O. The molecule has 2 aromatic carbocycles. The Kier molecular flexibility index (Phi) is 4.58. The van der Waals surface area contributed by atoms with E-state index in [2.05, 4.69) is 10.1 Å². The predicted molar refractivity (Wildman–Crippen MR) is 79.9 cm³/mol. The molecule has 3 nitrogen and oxygen atoms in total. The van der Waals surface area contributed by atoms with E-state index in [1.807, 2.05) is 22.6 Å². The fourth-order valence-electron chi connectivity index (χ4n) is 1.55. The minimum Gasteiger partial charge on any atom is -0.435 e. The Morgan fingerprint density at radius 1 is 1.15 bits per heavy atom. The highest BCUT2D eigenvalue weighted by atomic mass is 127. The maximum Gasteiger partial charge on any atom is 0.387 e. The standard InChI is InChI=1S/C13H10F3IN2O/c14-9-5-12(11(18)6-10(9)17)19-7-1-3-8(4-2-7)20-13(15)16/h1-6,13,19H,18H2. The molecule has 0 unspecified atom stereocenters. The number of nitrogen functional groups attached to an aromatic ring is 1. The van der Waals surface area contributed by atoms with Crippen LogP contribution in [0.1, 0.15) is 0 Å². The number of ether oxygens (including phenoxy) is 1. The Bertz CT molecular complexity index is 605. The average molecular weight is 394 g/mol. The highest BCUT2D eigenvalue weighted by Gasteiger charge is 2.07. The summed E-state index contributed by atoms with van der Waals surface area (Å²) in [6.07, 6.45) is 0. The number of hydrogen-bond acceptors (Lipinski definition) is 3. The molecule has 0 aliphatic rings. The number of nitrogens with one attached hydrogen (secondary N) is 1. The molecule has 0 aliphatic heterocycles. The van der Waals surface area contributed by atoms with Crippen molar-refractivity contribution in [1.82, 2.24) is 0 Å². The minimum absolute atomic E-state index is 0.0484. The maximum atomic E-state index is 13.5. The number of hydrogen-bond donors (Lipinski definition) is 2. The van der Waals surface area contributed by atoms with Gasteiger partial charge in [-0.1, -0.05) is 0 Å². The van der Waals surface area contributed by atoms with Crippen molar-refractivity contribution in [2.75, 3.05) is 11.1 Å². The van der Waals surface area contributed by atoms with Crippen LogP contribution in [0.15, 0.2) is 36.4 Å². The number of nitrogens with two attached hydrogens (primary N) is 1. The zero-order valence-corrected chi connectivity index (χ0v) is 12.2. The maximum absolute atomic E-state index is 13.5. The van der Waals surface area contributed by atoms with Gasteiger partial charge in [0.25, 0.3) is 0 Å². The van der Waals surface area contributed by atoms with E-state index < -0.39 is 6.61 Å². The number of anilines is 3. The first-order valence-corrected chi connectivity index (χ1v) is 6.60. The first-order valence-electron chi connectivity index (χ1n) is 5.52. The van der Waals surface area contributed by atoms with Crippen molar-refractivity contribution in [3.63, 3.8) is 0 Å². The van der Waals surface area contributed by atoms with Crippen molar-refractivity contribution >= 4 is 39.7 Å². The molecule has 7 heteroatoms. The molecule has 0 saturated carbocycles. The molecule has 0 aliphatic carbocycles. The van der Waals surface area contributed by atoms with Gasteiger partial charge in [0.2, 0.25) is 0 Å². The second-order valence-corrected chi connectivity index (χ2v) is 5.04. The molecule has 0 spiro atoms. The minimum atomic E-state index is -2.87. The van der Waals surface area contributed by atoms with Gasteiger partial charge in [-0.2, -0.15) is 8.78 Å². The second kappa shape index (κ2) is 6.21. The molecule has 106 valence electrons. The van der Waals surface area contributed by atoms with E-state index in [0.717, 1.165) is 0 Å². The van der Waals surface area contributed by atoms with E-state index in [1.54, 1.807) is 0 Å². The van der Waals surface area contributed by atoms with Crippen LogP contribution in [0, 0.1) is 9.39 Å². The van der Waals surface area contributed by atoms with Gasteiger partial charge in [-0.3, -0.25) is 0 Å². The smallest absolute Gasteiger partial charge is 0.387 e. The van der Waals surface area contributed by atoms with Crippen molar-refractivity contribution < 1.29 is 17.9 Å². The molecule has 20 heavy (non-hydrogen) atoms. The van der Waals surface area contributed by atoms with Gasteiger partial charge in [0.15, 0.2) is 0 Å². The number of benzene rings is 2. The van der Waals surface area contributed by atoms with Crippen molar-refractivity contribution in [2.45, 2.75) is 6.61 Å². The molecule has 0 bridgehead atoms. The van der Waals surface area contributed by atoms with Crippen molar-refractivity contribution in [3.8, 4) is 5.75 Å². The third-order valence-corrected chi connectivity index (χ3v) is 3.28. The van der Waals surface area contributed by atoms with Crippen LogP contribution in [0.3, 0.4) is 0 Å². The van der Waals surface area contributed by atoms with E-state index in [4.69, 9.17) is 5.73 Å². The molecule has 0 radical (unpaired) electrons. The summed E-state index contributed by atoms with van der Waals surface area (Å²) in [7, 11) is 0.